The zero-order valence-corrected chi connectivity index (χ0v) is 11.4. The maximum Gasteiger partial charge on any atom is 0.0334 e. The van der Waals surface area contributed by atoms with Crippen molar-refractivity contribution in [1.29, 1.82) is 0 Å². The quantitative estimate of drug-likeness (QED) is 0.820. The van der Waals surface area contributed by atoms with Crippen molar-refractivity contribution in [3.63, 3.8) is 0 Å². The van der Waals surface area contributed by atoms with Gasteiger partial charge in [0, 0.05) is 16.6 Å². The summed E-state index contributed by atoms with van der Waals surface area (Å²) < 4.78 is 1.24. The van der Waals surface area contributed by atoms with E-state index in [-0.39, 0.29) is 0 Å². The number of hydrogen-bond donors (Lipinski definition) is 1. The van der Waals surface area contributed by atoms with Crippen LogP contribution in [-0.4, -0.2) is 6.04 Å². The molecule has 1 aliphatic rings. The minimum atomic E-state index is 0.363. The molecule has 0 saturated carbocycles. The number of hydrogen-bond acceptors (Lipinski definition) is 1. The van der Waals surface area contributed by atoms with E-state index < -0.39 is 0 Å². The Kier molecular flexibility index (Phi) is 3.50. The van der Waals surface area contributed by atoms with Crippen molar-refractivity contribution in [2.24, 2.45) is 0 Å². The van der Waals surface area contributed by atoms with Crippen LogP contribution in [0.15, 0.2) is 35.3 Å². The van der Waals surface area contributed by atoms with Gasteiger partial charge in [0.15, 0.2) is 0 Å². The van der Waals surface area contributed by atoms with Crippen molar-refractivity contribution in [3.8, 4) is 0 Å². The molecule has 1 aromatic carbocycles. The molecule has 3 atom stereocenters. The van der Waals surface area contributed by atoms with E-state index in [0.29, 0.717) is 18.0 Å². The lowest BCUT2D eigenvalue weighted by Gasteiger charge is -2.17. The van der Waals surface area contributed by atoms with Crippen LogP contribution in [0.4, 0.5) is 0 Å². The van der Waals surface area contributed by atoms with Crippen molar-refractivity contribution in [2.75, 3.05) is 0 Å². The molecular formula is C14H18BrN. The summed E-state index contributed by atoms with van der Waals surface area (Å²) in [6.45, 7) is 8.27. The van der Waals surface area contributed by atoms with Gasteiger partial charge in [0.1, 0.15) is 0 Å². The molecule has 0 heterocycles. The highest BCUT2D eigenvalue weighted by Crippen LogP contribution is 2.43. The fraction of sp³-hybridized carbons (Fsp3) is 0.429. The Labute approximate surface area is 106 Å². The van der Waals surface area contributed by atoms with Gasteiger partial charge in [-0.25, -0.2) is 0 Å². The summed E-state index contributed by atoms with van der Waals surface area (Å²) >= 11 is 3.65. The molecular weight excluding hydrogens is 262 g/mol. The fourth-order valence-electron chi connectivity index (χ4n) is 2.52. The molecule has 0 fully saturated rings. The van der Waals surface area contributed by atoms with E-state index in [2.05, 4.69) is 59.9 Å². The summed E-state index contributed by atoms with van der Waals surface area (Å²) in [4.78, 5) is 0. The van der Waals surface area contributed by atoms with E-state index in [4.69, 9.17) is 0 Å². The van der Waals surface area contributed by atoms with Gasteiger partial charge in [-0.05, 0) is 36.5 Å². The van der Waals surface area contributed by atoms with Crippen LogP contribution < -0.4 is 5.32 Å². The van der Waals surface area contributed by atoms with Crippen LogP contribution in [0.1, 0.15) is 43.4 Å². The van der Waals surface area contributed by atoms with Gasteiger partial charge in [0.25, 0.3) is 0 Å². The Morgan fingerprint density at radius 3 is 3.00 bits per heavy atom. The van der Waals surface area contributed by atoms with E-state index in [1.807, 2.05) is 6.08 Å². The molecule has 3 unspecified atom stereocenters. The number of halogens is 1. The van der Waals surface area contributed by atoms with Gasteiger partial charge in [-0.3, -0.25) is 0 Å². The van der Waals surface area contributed by atoms with E-state index in [9.17, 15) is 0 Å². The van der Waals surface area contributed by atoms with Gasteiger partial charge in [0.05, 0.1) is 0 Å². The monoisotopic (exact) mass is 279 g/mol. The average Bonchev–Trinajstić information content (AvgIpc) is 2.57. The topological polar surface area (TPSA) is 12.0 Å². The van der Waals surface area contributed by atoms with Crippen LogP contribution in [-0.2, 0) is 0 Å². The Balaban J connectivity index is 2.29. The predicted octanol–water partition coefficient (Wildman–Crippen LogP) is 4.16. The number of fused-ring (bicyclic) bond motifs is 1. The van der Waals surface area contributed by atoms with Gasteiger partial charge in [-0.15, -0.1) is 6.58 Å². The standard InChI is InChI=1S/C14H18BrN/c1-4-10(3)16-13-8-9(2)14-11(13)6-5-7-12(14)15/h4-7,9-10,13,16H,1,8H2,2-3H3. The molecule has 2 rings (SSSR count). The molecule has 1 N–H and O–H groups in total. The SMILES string of the molecule is C=CC(C)NC1CC(C)c2c(Br)cccc21. The van der Waals surface area contributed by atoms with E-state index in [1.165, 1.54) is 22.0 Å². The smallest absolute Gasteiger partial charge is 0.0334 e. The second-order valence-electron chi connectivity index (χ2n) is 4.62. The molecule has 0 spiro atoms. The van der Waals surface area contributed by atoms with Crippen molar-refractivity contribution in [3.05, 3.63) is 46.5 Å². The number of benzene rings is 1. The Morgan fingerprint density at radius 1 is 1.56 bits per heavy atom. The zero-order valence-electron chi connectivity index (χ0n) is 9.83. The van der Waals surface area contributed by atoms with Gasteiger partial charge >= 0.3 is 0 Å². The van der Waals surface area contributed by atoms with Gasteiger partial charge in [-0.1, -0.05) is 41.1 Å². The molecule has 0 saturated heterocycles. The molecule has 1 nitrogen and oxygen atoms in total. The summed E-state index contributed by atoms with van der Waals surface area (Å²) in [5.41, 5.74) is 2.91. The lowest BCUT2D eigenvalue weighted by Crippen LogP contribution is -2.27. The van der Waals surface area contributed by atoms with Crippen molar-refractivity contribution >= 4 is 15.9 Å². The summed E-state index contributed by atoms with van der Waals surface area (Å²) in [6, 6.07) is 7.32. The third kappa shape index (κ3) is 2.09. The maximum absolute atomic E-state index is 3.82. The second kappa shape index (κ2) is 4.72. The van der Waals surface area contributed by atoms with Gasteiger partial charge < -0.3 is 5.32 Å². The normalized spacial score (nSPS) is 25.2. The first-order valence-electron chi connectivity index (χ1n) is 5.80. The molecule has 86 valence electrons. The molecule has 0 radical (unpaired) electrons. The van der Waals surface area contributed by atoms with Crippen LogP contribution in [0.3, 0.4) is 0 Å². The third-order valence-electron chi connectivity index (χ3n) is 3.36. The molecule has 1 aromatic rings. The van der Waals surface area contributed by atoms with Gasteiger partial charge in [0.2, 0.25) is 0 Å². The molecule has 0 amide bonds. The van der Waals surface area contributed by atoms with Crippen molar-refractivity contribution < 1.29 is 0 Å². The lowest BCUT2D eigenvalue weighted by atomic mass is 10.0. The van der Waals surface area contributed by atoms with Crippen LogP contribution in [0.25, 0.3) is 0 Å². The first-order chi connectivity index (χ1) is 7.63. The predicted molar refractivity (Wildman–Crippen MR) is 72.7 cm³/mol. The Hall–Kier alpha value is -0.600. The molecule has 1 aliphatic carbocycles. The molecule has 2 heteroatoms. The summed E-state index contributed by atoms with van der Waals surface area (Å²) in [7, 11) is 0. The minimum absolute atomic E-state index is 0.363. The highest BCUT2D eigenvalue weighted by Gasteiger charge is 2.29. The van der Waals surface area contributed by atoms with Crippen molar-refractivity contribution in [1.82, 2.24) is 5.32 Å². The highest BCUT2D eigenvalue weighted by atomic mass is 79.9. The maximum atomic E-state index is 3.82. The first kappa shape index (κ1) is 11.9. The Bertz CT molecular complexity index is 400. The summed E-state index contributed by atoms with van der Waals surface area (Å²) in [5, 5.41) is 3.60. The number of rotatable bonds is 3. The summed E-state index contributed by atoms with van der Waals surface area (Å²) in [5.74, 6) is 0.625. The zero-order chi connectivity index (χ0) is 11.7. The fourth-order valence-corrected chi connectivity index (χ4v) is 3.29. The average molecular weight is 280 g/mol. The van der Waals surface area contributed by atoms with E-state index in [1.54, 1.807) is 0 Å². The van der Waals surface area contributed by atoms with Crippen LogP contribution in [0, 0.1) is 0 Å². The van der Waals surface area contributed by atoms with Crippen molar-refractivity contribution in [2.45, 2.75) is 38.3 Å². The third-order valence-corrected chi connectivity index (χ3v) is 4.05. The van der Waals surface area contributed by atoms with Gasteiger partial charge in [-0.2, -0.15) is 0 Å². The molecule has 16 heavy (non-hydrogen) atoms. The molecule has 0 bridgehead atoms. The minimum Gasteiger partial charge on any atom is -0.304 e. The van der Waals surface area contributed by atoms with Crippen LogP contribution >= 0.6 is 15.9 Å². The largest absolute Gasteiger partial charge is 0.304 e. The summed E-state index contributed by atoms with van der Waals surface area (Å²) in [6.07, 6.45) is 3.14. The number of nitrogens with one attached hydrogen (secondary N) is 1. The second-order valence-corrected chi connectivity index (χ2v) is 5.48. The van der Waals surface area contributed by atoms with Crippen LogP contribution in [0.2, 0.25) is 0 Å². The Morgan fingerprint density at radius 2 is 2.31 bits per heavy atom. The lowest BCUT2D eigenvalue weighted by molar-refractivity contribution is 0.480. The van der Waals surface area contributed by atoms with Crippen LogP contribution in [0.5, 0.6) is 0 Å². The first-order valence-corrected chi connectivity index (χ1v) is 6.59. The van der Waals surface area contributed by atoms with E-state index >= 15 is 0 Å². The van der Waals surface area contributed by atoms with E-state index in [0.717, 1.165) is 0 Å². The highest BCUT2D eigenvalue weighted by molar-refractivity contribution is 9.10. The molecule has 0 aliphatic heterocycles. The molecule has 0 aromatic heterocycles.